The molecule has 6 nitrogen and oxygen atoms in total. The summed E-state index contributed by atoms with van der Waals surface area (Å²) in [6, 6.07) is 18.2. The van der Waals surface area contributed by atoms with Gasteiger partial charge in [0.15, 0.2) is 0 Å². The van der Waals surface area contributed by atoms with Crippen LogP contribution in [0.25, 0.3) is 11.1 Å². The normalized spacial score (nSPS) is 13.1. The standard InChI is InChI=1S/C29H27N3O.C2H4O2/c1-4-10-22(20(3)5-2)27(32)28(33)21-13-14-24-23-11-6-7-12-25(23)29(15-8-17-30,16-9-18-31)26(24)19-21;1-2(3)4/h4-7,10-14,19,32H,1,8-9,15-16H2,2-3H3;1H3,(H,3,4)/b20-5-,22-10+,32-27?;. The second-order valence-electron chi connectivity index (χ2n) is 8.72. The Morgan fingerprint density at radius 1 is 1.03 bits per heavy atom. The average Bonchev–Trinajstić information content (AvgIpc) is 3.17. The van der Waals surface area contributed by atoms with Crippen molar-refractivity contribution >= 4 is 17.5 Å². The van der Waals surface area contributed by atoms with Gasteiger partial charge >= 0.3 is 0 Å². The van der Waals surface area contributed by atoms with Crippen LogP contribution in [0.15, 0.2) is 78.4 Å². The van der Waals surface area contributed by atoms with Crippen molar-refractivity contribution in [1.29, 1.82) is 15.9 Å². The van der Waals surface area contributed by atoms with Crippen LogP contribution in [0.5, 0.6) is 0 Å². The fourth-order valence-electron chi connectivity index (χ4n) is 4.75. The van der Waals surface area contributed by atoms with Gasteiger partial charge in [0.2, 0.25) is 5.78 Å². The van der Waals surface area contributed by atoms with Crippen LogP contribution in [0.4, 0.5) is 0 Å². The number of carbonyl (C=O) groups excluding carboxylic acids is 1. The minimum Gasteiger partial charge on any atom is -0.481 e. The van der Waals surface area contributed by atoms with Gasteiger partial charge in [-0.25, -0.2) is 0 Å². The second kappa shape index (κ2) is 13.0. The van der Waals surface area contributed by atoms with Gasteiger partial charge in [-0.1, -0.05) is 61.2 Å². The number of carboxylic acids is 1. The molecule has 37 heavy (non-hydrogen) atoms. The maximum Gasteiger partial charge on any atom is 0.300 e. The molecule has 0 amide bonds. The summed E-state index contributed by atoms with van der Waals surface area (Å²) >= 11 is 0. The number of hydrogen-bond acceptors (Lipinski definition) is 5. The number of ketones is 1. The summed E-state index contributed by atoms with van der Waals surface area (Å²) in [6.45, 7) is 8.53. The molecule has 1 aliphatic carbocycles. The van der Waals surface area contributed by atoms with Crippen molar-refractivity contribution in [2.75, 3.05) is 0 Å². The van der Waals surface area contributed by atoms with E-state index in [-0.39, 0.29) is 11.5 Å². The van der Waals surface area contributed by atoms with E-state index < -0.39 is 11.4 Å². The van der Waals surface area contributed by atoms with Crippen molar-refractivity contribution < 1.29 is 14.7 Å². The molecule has 2 aromatic rings. The first-order valence-electron chi connectivity index (χ1n) is 12.0. The van der Waals surface area contributed by atoms with Gasteiger partial charge in [-0.3, -0.25) is 15.0 Å². The van der Waals surface area contributed by atoms with Crippen molar-refractivity contribution in [1.82, 2.24) is 0 Å². The van der Waals surface area contributed by atoms with Gasteiger partial charge in [-0.15, -0.1) is 0 Å². The highest BCUT2D eigenvalue weighted by atomic mass is 16.4. The van der Waals surface area contributed by atoms with Crippen molar-refractivity contribution in [2.24, 2.45) is 0 Å². The van der Waals surface area contributed by atoms with Gasteiger partial charge in [0.1, 0.15) is 5.71 Å². The van der Waals surface area contributed by atoms with E-state index in [2.05, 4.69) is 30.9 Å². The summed E-state index contributed by atoms with van der Waals surface area (Å²) in [7, 11) is 0. The minimum absolute atomic E-state index is 0.0828. The minimum atomic E-state index is -0.833. The van der Waals surface area contributed by atoms with Crippen LogP contribution in [0.3, 0.4) is 0 Å². The highest BCUT2D eigenvalue weighted by Crippen LogP contribution is 2.53. The van der Waals surface area contributed by atoms with E-state index >= 15 is 0 Å². The topological polar surface area (TPSA) is 126 Å². The van der Waals surface area contributed by atoms with Crippen LogP contribution in [-0.2, 0) is 10.2 Å². The number of aliphatic carboxylic acids is 1. The van der Waals surface area contributed by atoms with E-state index in [1.807, 2.05) is 44.2 Å². The van der Waals surface area contributed by atoms with Crippen molar-refractivity contribution in [3.8, 4) is 23.3 Å². The van der Waals surface area contributed by atoms with Crippen LogP contribution < -0.4 is 0 Å². The van der Waals surface area contributed by atoms with Crippen molar-refractivity contribution in [3.05, 3.63) is 95.1 Å². The number of carboxylic acid groups (broad SMARTS) is 1. The number of hydrogen-bond donors (Lipinski definition) is 2. The lowest BCUT2D eigenvalue weighted by molar-refractivity contribution is -0.134. The molecule has 0 atom stereocenters. The maximum absolute atomic E-state index is 13.4. The molecule has 0 radical (unpaired) electrons. The molecule has 3 rings (SSSR count). The van der Waals surface area contributed by atoms with Crippen LogP contribution in [-0.4, -0.2) is 22.6 Å². The summed E-state index contributed by atoms with van der Waals surface area (Å²) in [4.78, 5) is 22.4. The van der Waals surface area contributed by atoms with Gasteiger partial charge in [-0.05, 0) is 60.6 Å². The average molecular weight is 494 g/mol. The lowest BCUT2D eigenvalue weighted by Crippen LogP contribution is -2.26. The van der Waals surface area contributed by atoms with Gasteiger partial charge in [-0.2, -0.15) is 10.5 Å². The number of nitrogens with zero attached hydrogens (tertiary/aromatic N) is 2. The number of allylic oxidation sites excluding steroid dienone is 5. The van der Waals surface area contributed by atoms with Crippen LogP contribution in [0.2, 0.25) is 0 Å². The Labute approximate surface area is 218 Å². The highest BCUT2D eigenvalue weighted by molar-refractivity contribution is 6.51. The monoisotopic (exact) mass is 493 g/mol. The van der Waals surface area contributed by atoms with Gasteiger partial charge < -0.3 is 5.11 Å². The molecular weight excluding hydrogens is 462 g/mol. The summed E-state index contributed by atoms with van der Waals surface area (Å²) < 4.78 is 0. The van der Waals surface area contributed by atoms with Crippen LogP contribution >= 0.6 is 0 Å². The molecule has 0 fully saturated rings. The van der Waals surface area contributed by atoms with Gasteiger partial charge in [0.25, 0.3) is 5.97 Å². The molecule has 0 heterocycles. The molecule has 0 bridgehead atoms. The number of nitrogens with one attached hydrogen (secondary N) is 1. The lowest BCUT2D eigenvalue weighted by atomic mass is 9.71. The second-order valence-corrected chi connectivity index (χ2v) is 8.72. The zero-order valence-corrected chi connectivity index (χ0v) is 21.5. The predicted octanol–water partition coefficient (Wildman–Crippen LogP) is 6.93. The predicted molar refractivity (Wildman–Crippen MR) is 145 cm³/mol. The van der Waals surface area contributed by atoms with E-state index in [4.69, 9.17) is 15.3 Å². The van der Waals surface area contributed by atoms with Crippen molar-refractivity contribution in [2.45, 2.75) is 51.9 Å². The van der Waals surface area contributed by atoms with E-state index in [1.165, 1.54) is 0 Å². The molecule has 6 heteroatoms. The Balaban J connectivity index is 0.00000112. The first kappa shape index (κ1) is 28.7. The Morgan fingerprint density at radius 2 is 1.59 bits per heavy atom. The number of Topliss-reactive ketones (excluding diaryl/α,β-unsaturated/α-hetero) is 1. The number of carbonyl (C=O) groups is 2. The summed E-state index contributed by atoms with van der Waals surface area (Å²) in [5, 5.41) is 34.7. The molecule has 188 valence electrons. The molecule has 0 saturated carbocycles. The molecule has 1 aliphatic rings. The molecular formula is C31H31N3O3. The quantitative estimate of drug-likeness (QED) is 0.222. The first-order chi connectivity index (χ1) is 17.7. The van der Waals surface area contributed by atoms with Crippen molar-refractivity contribution in [3.63, 3.8) is 0 Å². The number of rotatable bonds is 9. The Morgan fingerprint density at radius 3 is 2.14 bits per heavy atom. The summed E-state index contributed by atoms with van der Waals surface area (Å²) in [6.07, 6.45) is 6.97. The molecule has 0 saturated heterocycles. The lowest BCUT2D eigenvalue weighted by Gasteiger charge is -2.31. The smallest absolute Gasteiger partial charge is 0.300 e. The zero-order valence-electron chi connectivity index (χ0n) is 21.5. The molecule has 2 N–H and O–H groups in total. The first-order valence-corrected chi connectivity index (χ1v) is 12.0. The Hall–Kier alpha value is -4.55. The maximum atomic E-state index is 13.4. The highest BCUT2D eigenvalue weighted by Gasteiger charge is 2.42. The van der Waals surface area contributed by atoms with Gasteiger partial charge in [0, 0.05) is 36.3 Å². The Kier molecular flexibility index (Phi) is 10.0. The Bertz CT molecular complexity index is 1340. The third kappa shape index (κ3) is 6.18. The largest absolute Gasteiger partial charge is 0.481 e. The fraction of sp³-hybridized carbons (Fsp3) is 0.258. The van der Waals surface area contributed by atoms with Gasteiger partial charge in [0.05, 0.1) is 12.1 Å². The number of fused-ring (bicyclic) bond motifs is 3. The third-order valence-corrected chi connectivity index (χ3v) is 6.50. The van der Waals surface area contributed by atoms with E-state index in [9.17, 15) is 15.3 Å². The summed E-state index contributed by atoms with van der Waals surface area (Å²) in [5.41, 5.74) is 5.39. The van der Waals surface area contributed by atoms with E-state index in [1.54, 1.807) is 18.2 Å². The molecule has 0 spiro atoms. The molecule has 0 aliphatic heterocycles. The zero-order chi connectivity index (χ0) is 27.6. The van der Waals surface area contributed by atoms with E-state index in [0.717, 1.165) is 34.8 Å². The molecule has 0 unspecified atom stereocenters. The molecule has 2 aromatic carbocycles. The van der Waals surface area contributed by atoms with E-state index in [0.29, 0.717) is 36.8 Å². The number of nitriles is 2. The summed E-state index contributed by atoms with van der Waals surface area (Å²) in [5.74, 6) is -1.20. The van der Waals surface area contributed by atoms with Crippen LogP contribution in [0, 0.1) is 28.1 Å². The molecule has 0 aromatic heterocycles. The van der Waals surface area contributed by atoms with Crippen LogP contribution in [0.1, 0.15) is 67.9 Å². The SMILES string of the molecule is C=C/C=C(C(=N)C(=O)c1ccc2c(c1)C(CCC#N)(CCC#N)c1ccccc1-2)\C(C)=C/C.CC(=O)O. The fourth-order valence-corrected chi connectivity index (χ4v) is 4.75. The number of benzene rings is 2. The third-order valence-electron chi connectivity index (χ3n) is 6.50.